The highest BCUT2D eigenvalue weighted by atomic mass is 14.8. The van der Waals surface area contributed by atoms with Crippen molar-refractivity contribution in [3.05, 3.63) is 35.4 Å². The molecule has 0 aromatic heterocycles. The third-order valence-corrected chi connectivity index (χ3v) is 3.93. The van der Waals surface area contributed by atoms with Gasteiger partial charge in [0.1, 0.15) is 0 Å². The van der Waals surface area contributed by atoms with Crippen LogP contribution in [0.25, 0.3) is 0 Å². The van der Waals surface area contributed by atoms with E-state index in [1.807, 2.05) is 0 Å². The van der Waals surface area contributed by atoms with Gasteiger partial charge >= 0.3 is 0 Å². The quantitative estimate of drug-likeness (QED) is 0.748. The van der Waals surface area contributed by atoms with E-state index in [2.05, 4.69) is 36.6 Å². The van der Waals surface area contributed by atoms with Gasteiger partial charge in [-0.1, -0.05) is 24.3 Å². The first-order chi connectivity index (χ1) is 6.92. The average molecular weight is 187 g/mol. The predicted octanol–water partition coefficient (Wildman–Crippen LogP) is 2.18. The Morgan fingerprint density at radius 1 is 1.36 bits per heavy atom. The number of benzene rings is 1. The normalized spacial score (nSPS) is 33.4. The Morgan fingerprint density at radius 2 is 2.21 bits per heavy atom. The second kappa shape index (κ2) is 3.09. The molecule has 0 bridgehead atoms. The maximum absolute atomic E-state index is 3.32. The number of fused-ring (bicyclic) bond motifs is 3. The van der Waals surface area contributed by atoms with Crippen LogP contribution in [-0.4, -0.2) is 13.6 Å². The van der Waals surface area contributed by atoms with Crippen LogP contribution >= 0.6 is 0 Å². The molecule has 1 aromatic carbocycles. The largest absolute Gasteiger partial charge is 0.319 e. The second-order valence-electron chi connectivity index (χ2n) is 4.65. The Labute approximate surface area is 85.5 Å². The molecule has 1 heteroatoms. The van der Waals surface area contributed by atoms with Gasteiger partial charge in [-0.15, -0.1) is 0 Å². The molecule has 3 rings (SSSR count). The Kier molecular flexibility index (Phi) is 1.88. The van der Waals surface area contributed by atoms with Gasteiger partial charge in [0.05, 0.1) is 0 Å². The van der Waals surface area contributed by atoms with Crippen molar-refractivity contribution in [2.24, 2.45) is 11.8 Å². The minimum Gasteiger partial charge on any atom is -0.319 e. The molecule has 14 heavy (non-hydrogen) atoms. The fraction of sp³-hybridized carbons (Fsp3) is 0.538. The van der Waals surface area contributed by atoms with Crippen molar-refractivity contribution in [3.63, 3.8) is 0 Å². The van der Waals surface area contributed by atoms with E-state index in [-0.39, 0.29) is 0 Å². The lowest BCUT2D eigenvalue weighted by atomic mass is 9.92. The molecule has 3 atom stereocenters. The molecule has 0 saturated heterocycles. The number of rotatable bonds is 2. The topological polar surface area (TPSA) is 12.0 Å². The van der Waals surface area contributed by atoms with Gasteiger partial charge in [0.2, 0.25) is 0 Å². The van der Waals surface area contributed by atoms with Crippen molar-refractivity contribution in [2.45, 2.75) is 18.8 Å². The minimum absolute atomic E-state index is 0.882. The standard InChI is InChI=1S/C13H17N/c1-14-8-12-11-7-6-9-4-2-3-5-10(9)13(11)12/h2-5,11-14H,6-8H2,1H3. The van der Waals surface area contributed by atoms with Crippen molar-refractivity contribution in [1.82, 2.24) is 5.32 Å². The SMILES string of the molecule is CNCC1C2CCc3ccccc3C21. The zero-order valence-electron chi connectivity index (χ0n) is 8.66. The third-order valence-electron chi connectivity index (χ3n) is 3.93. The van der Waals surface area contributed by atoms with Crippen LogP contribution in [0.4, 0.5) is 0 Å². The van der Waals surface area contributed by atoms with Gasteiger partial charge in [-0.25, -0.2) is 0 Å². The summed E-state index contributed by atoms with van der Waals surface area (Å²) >= 11 is 0. The molecule has 2 aliphatic carbocycles. The summed E-state index contributed by atoms with van der Waals surface area (Å²) in [5.74, 6) is 2.79. The highest BCUT2D eigenvalue weighted by molar-refractivity contribution is 5.39. The molecule has 1 N–H and O–H groups in total. The lowest BCUT2D eigenvalue weighted by molar-refractivity contribution is 0.608. The molecule has 0 spiro atoms. The summed E-state index contributed by atoms with van der Waals surface area (Å²) < 4.78 is 0. The Balaban J connectivity index is 1.89. The van der Waals surface area contributed by atoms with Crippen LogP contribution in [0.5, 0.6) is 0 Å². The summed E-state index contributed by atoms with van der Waals surface area (Å²) in [7, 11) is 2.07. The van der Waals surface area contributed by atoms with Gasteiger partial charge in [-0.3, -0.25) is 0 Å². The highest BCUT2D eigenvalue weighted by Crippen LogP contribution is 2.59. The molecule has 0 radical (unpaired) electrons. The van der Waals surface area contributed by atoms with E-state index in [1.165, 1.54) is 19.4 Å². The maximum atomic E-state index is 3.32. The molecule has 0 aliphatic heterocycles. The summed E-state index contributed by atoms with van der Waals surface area (Å²) in [6.45, 7) is 1.20. The molecule has 1 nitrogen and oxygen atoms in total. The van der Waals surface area contributed by atoms with E-state index in [0.717, 1.165) is 17.8 Å². The van der Waals surface area contributed by atoms with Gasteiger partial charge in [0.25, 0.3) is 0 Å². The van der Waals surface area contributed by atoms with E-state index in [0.29, 0.717) is 0 Å². The van der Waals surface area contributed by atoms with Crippen LogP contribution in [-0.2, 0) is 6.42 Å². The van der Waals surface area contributed by atoms with Crippen LogP contribution < -0.4 is 5.32 Å². The number of aryl methyl sites for hydroxylation is 1. The van der Waals surface area contributed by atoms with Crippen molar-refractivity contribution in [1.29, 1.82) is 0 Å². The first-order valence-electron chi connectivity index (χ1n) is 5.64. The molecule has 1 aromatic rings. The first-order valence-corrected chi connectivity index (χ1v) is 5.64. The lowest BCUT2D eigenvalue weighted by Crippen LogP contribution is -2.10. The molecular weight excluding hydrogens is 170 g/mol. The summed E-state index contributed by atoms with van der Waals surface area (Å²) in [5, 5.41) is 3.32. The number of nitrogens with one attached hydrogen (secondary N) is 1. The van der Waals surface area contributed by atoms with Gasteiger partial charge in [0.15, 0.2) is 0 Å². The van der Waals surface area contributed by atoms with E-state index >= 15 is 0 Å². The Morgan fingerprint density at radius 3 is 3.07 bits per heavy atom. The van der Waals surface area contributed by atoms with Gasteiger partial charge in [0, 0.05) is 0 Å². The first kappa shape index (κ1) is 8.49. The van der Waals surface area contributed by atoms with Crippen molar-refractivity contribution < 1.29 is 0 Å². The van der Waals surface area contributed by atoms with E-state index in [1.54, 1.807) is 11.1 Å². The van der Waals surface area contributed by atoms with Crippen molar-refractivity contribution in [2.75, 3.05) is 13.6 Å². The monoisotopic (exact) mass is 187 g/mol. The molecule has 3 unspecified atom stereocenters. The van der Waals surface area contributed by atoms with Gasteiger partial charge in [-0.2, -0.15) is 0 Å². The maximum Gasteiger partial charge on any atom is -0.00147 e. The van der Waals surface area contributed by atoms with Gasteiger partial charge < -0.3 is 5.32 Å². The van der Waals surface area contributed by atoms with Crippen LogP contribution in [0, 0.1) is 11.8 Å². The number of hydrogen-bond donors (Lipinski definition) is 1. The Bertz CT molecular complexity index is 345. The van der Waals surface area contributed by atoms with Crippen LogP contribution in [0.3, 0.4) is 0 Å². The molecule has 0 heterocycles. The third kappa shape index (κ3) is 1.12. The predicted molar refractivity (Wildman–Crippen MR) is 58.4 cm³/mol. The smallest absolute Gasteiger partial charge is 0.00147 e. The van der Waals surface area contributed by atoms with E-state index < -0.39 is 0 Å². The molecule has 1 fully saturated rings. The summed E-state index contributed by atoms with van der Waals surface area (Å²) in [5.41, 5.74) is 3.25. The van der Waals surface area contributed by atoms with E-state index in [9.17, 15) is 0 Å². The summed E-state index contributed by atoms with van der Waals surface area (Å²) in [4.78, 5) is 0. The average Bonchev–Trinajstić information content (AvgIpc) is 2.93. The van der Waals surface area contributed by atoms with Gasteiger partial charge in [-0.05, 0) is 55.3 Å². The fourth-order valence-electron chi connectivity index (χ4n) is 3.22. The van der Waals surface area contributed by atoms with E-state index in [4.69, 9.17) is 0 Å². The molecule has 1 saturated carbocycles. The molecule has 2 aliphatic rings. The zero-order chi connectivity index (χ0) is 9.54. The lowest BCUT2D eigenvalue weighted by Gasteiger charge is -2.13. The van der Waals surface area contributed by atoms with Crippen molar-refractivity contribution in [3.8, 4) is 0 Å². The minimum atomic E-state index is 0.882. The molecular formula is C13H17N. The second-order valence-corrected chi connectivity index (χ2v) is 4.65. The summed E-state index contributed by atoms with van der Waals surface area (Å²) in [6, 6.07) is 9.01. The van der Waals surface area contributed by atoms with Crippen LogP contribution in [0.1, 0.15) is 23.5 Å². The Hall–Kier alpha value is -0.820. The van der Waals surface area contributed by atoms with Crippen molar-refractivity contribution >= 4 is 0 Å². The summed E-state index contributed by atoms with van der Waals surface area (Å²) in [6.07, 6.45) is 2.71. The zero-order valence-corrected chi connectivity index (χ0v) is 8.66. The molecule has 74 valence electrons. The van der Waals surface area contributed by atoms with Crippen LogP contribution in [0.2, 0.25) is 0 Å². The number of hydrogen-bond acceptors (Lipinski definition) is 1. The molecule has 0 amide bonds. The highest BCUT2D eigenvalue weighted by Gasteiger charge is 2.52. The fourth-order valence-corrected chi connectivity index (χ4v) is 3.22. The van der Waals surface area contributed by atoms with Crippen LogP contribution in [0.15, 0.2) is 24.3 Å².